The van der Waals surface area contributed by atoms with Crippen LogP contribution in [0.1, 0.15) is 25.0 Å². The maximum Gasteiger partial charge on any atom is 0.139 e. The normalized spacial score (nSPS) is 10.5. The van der Waals surface area contributed by atoms with Crippen molar-refractivity contribution >= 4 is 5.78 Å². The Morgan fingerprint density at radius 1 is 1.31 bits per heavy atom. The SMILES string of the molecule is Cc1ccccc1CC(=O)C(C)C. The molecule has 1 aromatic carbocycles. The monoisotopic (exact) mass is 176 g/mol. The number of hydrogen-bond donors (Lipinski definition) is 0. The van der Waals surface area contributed by atoms with E-state index in [1.807, 2.05) is 45.0 Å². The van der Waals surface area contributed by atoms with Gasteiger partial charge in [-0.3, -0.25) is 4.79 Å². The van der Waals surface area contributed by atoms with Crippen molar-refractivity contribution in [2.45, 2.75) is 27.2 Å². The summed E-state index contributed by atoms with van der Waals surface area (Å²) >= 11 is 0. The highest BCUT2D eigenvalue weighted by Crippen LogP contribution is 2.10. The van der Waals surface area contributed by atoms with E-state index in [2.05, 4.69) is 0 Å². The molecule has 1 nitrogen and oxygen atoms in total. The van der Waals surface area contributed by atoms with E-state index in [1.165, 1.54) is 5.56 Å². The van der Waals surface area contributed by atoms with Crippen LogP contribution in [0.5, 0.6) is 0 Å². The Balaban J connectivity index is 2.75. The zero-order valence-corrected chi connectivity index (χ0v) is 8.50. The van der Waals surface area contributed by atoms with E-state index in [-0.39, 0.29) is 5.92 Å². The van der Waals surface area contributed by atoms with Gasteiger partial charge in [0, 0.05) is 12.3 Å². The molecular formula is C12H16O. The second kappa shape index (κ2) is 4.22. The first-order valence-electron chi connectivity index (χ1n) is 4.68. The Hall–Kier alpha value is -1.11. The molecule has 1 rings (SSSR count). The fraction of sp³-hybridized carbons (Fsp3) is 0.417. The van der Waals surface area contributed by atoms with Crippen LogP contribution in [-0.2, 0) is 11.2 Å². The van der Waals surface area contributed by atoms with Crippen LogP contribution in [0.2, 0.25) is 0 Å². The van der Waals surface area contributed by atoms with Crippen LogP contribution in [0.15, 0.2) is 24.3 Å². The summed E-state index contributed by atoms with van der Waals surface area (Å²) in [5, 5.41) is 0. The summed E-state index contributed by atoms with van der Waals surface area (Å²) in [6.45, 7) is 5.93. The molecule has 0 aliphatic heterocycles. The quantitative estimate of drug-likeness (QED) is 0.692. The molecule has 70 valence electrons. The third kappa shape index (κ3) is 2.69. The second-order valence-corrected chi connectivity index (χ2v) is 3.72. The Labute approximate surface area is 79.8 Å². The van der Waals surface area contributed by atoms with Gasteiger partial charge in [-0.25, -0.2) is 0 Å². The number of hydrogen-bond acceptors (Lipinski definition) is 1. The van der Waals surface area contributed by atoms with Gasteiger partial charge in [-0.2, -0.15) is 0 Å². The molecule has 0 amide bonds. The van der Waals surface area contributed by atoms with Crippen molar-refractivity contribution in [1.82, 2.24) is 0 Å². The van der Waals surface area contributed by atoms with Crippen molar-refractivity contribution in [3.05, 3.63) is 35.4 Å². The molecule has 0 atom stereocenters. The molecule has 0 radical (unpaired) electrons. The molecule has 0 bridgehead atoms. The van der Waals surface area contributed by atoms with Crippen molar-refractivity contribution < 1.29 is 4.79 Å². The number of aryl methyl sites for hydroxylation is 1. The van der Waals surface area contributed by atoms with Crippen molar-refractivity contribution in [2.75, 3.05) is 0 Å². The summed E-state index contributed by atoms with van der Waals surface area (Å²) in [6.07, 6.45) is 0.574. The first-order valence-corrected chi connectivity index (χ1v) is 4.68. The van der Waals surface area contributed by atoms with Crippen molar-refractivity contribution in [1.29, 1.82) is 0 Å². The summed E-state index contributed by atoms with van der Waals surface area (Å²) in [6, 6.07) is 8.05. The van der Waals surface area contributed by atoms with E-state index in [4.69, 9.17) is 0 Å². The Kier molecular flexibility index (Phi) is 3.24. The second-order valence-electron chi connectivity index (χ2n) is 3.72. The van der Waals surface area contributed by atoms with Gasteiger partial charge in [-0.15, -0.1) is 0 Å². The van der Waals surface area contributed by atoms with Gasteiger partial charge in [0.05, 0.1) is 0 Å². The summed E-state index contributed by atoms with van der Waals surface area (Å²) in [7, 11) is 0. The molecule has 0 aromatic heterocycles. The summed E-state index contributed by atoms with van der Waals surface area (Å²) < 4.78 is 0. The minimum absolute atomic E-state index is 0.139. The number of carbonyl (C=O) groups excluding carboxylic acids is 1. The maximum absolute atomic E-state index is 11.5. The van der Waals surface area contributed by atoms with E-state index >= 15 is 0 Å². The predicted octanol–water partition coefficient (Wildman–Crippen LogP) is 2.76. The highest BCUT2D eigenvalue weighted by Gasteiger charge is 2.08. The zero-order chi connectivity index (χ0) is 9.84. The van der Waals surface area contributed by atoms with Gasteiger partial charge in [-0.05, 0) is 18.1 Å². The molecule has 0 fully saturated rings. The minimum atomic E-state index is 0.139. The number of rotatable bonds is 3. The van der Waals surface area contributed by atoms with Crippen molar-refractivity contribution in [3.8, 4) is 0 Å². The molecule has 0 aliphatic carbocycles. The number of ketones is 1. The van der Waals surface area contributed by atoms with Crippen LogP contribution < -0.4 is 0 Å². The molecule has 0 saturated carbocycles. The average molecular weight is 176 g/mol. The van der Waals surface area contributed by atoms with Gasteiger partial charge >= 0.3 is 0 Å². The first-order chi connectivity index (χ1) is 6.11. The lowest BCUT2D eigenvalue weighted by Gasteiger charge is -2.06. The third-order valence-electron chi connectivity index (χ3n) is 2.27. The molecule has 0 unspecified atom stereocenters. The fourth-order valence-corrected chi connectivity index (χ4v) is 1.20. The van der Waals surface area contributed by atoms with E-state index in [0.717, 1.165) is 5.56 Å². The highest BCUT2D eigenvalue weighted by molar-refractivity contribution is 5.82. The van der Waals surface area contributed by atoms with Crippen LogP contribution in [-0.4, -0.2) is 5.78 Å². The Morgan fingerprint density at radius 2 is 1.92 bits per heavy atom. The van der Waals surface area contributed by atoms with E-state index in [9.17, 15) is 4.79 Å². The van der Waals surface area contributed by atoms with Gasteiger partial charge in [0.2, 0.25) is 0 Å². The molecule has 0 heterocycles. The highest BCUT2D eigenvalue weighted by atomic mass is 16.1. The lowest BCUT2D eigenvalue weighted by Crippen LogP contribution is -2.10. The Bertz CT molecular complexity index is 300. The van der Waals surface area contributed by atoms with Gasteiger partial charge in [0.25, 0.3) is 0 Å². The Morgan fingerprint density at radius 3 is 2.46 bits per heavy atom. The molecule has 0 aliphatic rings. The van der Waals surface area contributed by atoms with Gasteiger partial charge in [0.15, 0.2) is 0 Å². The minimum Gasteiger partial charge on any atom is -0.299 e. The lowest BCUT2D eigenvalue weighted by molar-refractivity contribution is -0.121. The molecule has 13 heavy (non-hydrogen) atoms. The maximum atomic E-state index is 11.5. The number of carbonyl (C=O) groups is 1. The molecule has 0 saturated heterocycles. The van der Waals surface area contributed by atoms with Crippen LogP contribution in [0.25, 0.3) is 0 Å². The van der Waals surface area contributed by atoms with Gasteiger partial charge < -0.3 is 0 Å². The fourth-order valence-electron chi connectivity index (χ4n) is 1.20. The molecule has 1 aromatic rings. The molecule has 1 heteroatoms. The molecular weight excluding hydrogens is 160 g/mol. The molecule has 0 spiro atoms. The smallest absolute Gasteiger partial charge is 0.139 e. The van der Waals surface area contributed by atoms with Crippen molar-refractivity contribution in [2.24, 2.45) is 5.92 Å². The van der Waals surface area contributed by atoms with Crippen LogP contribution in [0, 0.1) is 12.8 Å². The van der Waals surface area contributed by atoms with Gasteiger partial charge in [-0.1, -0.05) is 38.1 Å². The predicted molar refractivity (Wildman–Crippen MR) is 54.7 cm³/mol. The topological polar surface area (TPSA) is 17.1 Å². The number of Topliss-reactive ketones (excluding diaryl/α,β-unsaturated/α-hetero) is 1. The lowest BCUT2D eigenvalue weighted by atomic mass is 9.98. The largest absolute Gasteiger partial charge is 0.299 e. The van der Waals surface area contributed by atoms with Crippen LogP contribution in [0.4, 0.5) is 0 Å². The van der Waals surface area contributed by atoms with E-state index < -0.39 is 0 Å². The number of benzene rings is 1. The first kappa shape index (κ1) is 9.97. The standard InChI is InChI=1S/C12H16O/c1-9(2)12(13)8-11-7-5-4-6-10(11)3/h4-7,9H,8H2,1-3H3. The van der Waals surface area contributed by atoms with Crippen LogP contribution >= 0.6 is 0 Å². The average Bonchev–Trinajstić information content (AvgIpc) is 2.08. The van der Waals surface area contributed by atoms with E-state index in [0.29, 0.717) is 12.2 Å². The summed E-state index contributed by atoms with van der Waals surface area (Å²) in [4.78, 5) is 11.5. The summed E-state index contributed by atoms with van der Waals surface area (Å²) in [5.74, 6) is 0.453. The summed E-state index contributed by atoms with van der Waals surface area (Å²) in [5.41, 5.74) is 2.36. The van der Waals surface area contributed by atoms with Crippen molar-refractivity contribution in [3.63, 3.8) is 0 Å². The molecule has 0 N–H and O–H groups in total. The third-order valence-corrected chi connectivity index (χ3v) is 2.27. The zero-order valence-electron chi connectivity index (χ0n) is 8.50. The van der Waals surface area contributed by atoms with E-state index in [1.54, 1.807) is 0 Å². The van der Waals surface area contributed by atoms with Gasteiger partial charge in [0.1, 0.15) is 5.78 Å². The van der Waals surface area contributed by atoms with Crippen LogP contribution in [0.3, 0.4) is 0 Å².